The van der Waals surface area contributed by atoms with Crippen LogP contribution in [0.5, 0.6) is 0 Å². The van der Waals surface area contributed by atoms with Gasteiger partial charge in [0.05, 0.1) is 12.7 Å². The molecule has 0 saturated carbocycles. The average Bonchev–Trinajstić information content (AvgIpc) is 2.03. The van der Waals surface area contributed by atoms with Crippen LogP contribution in [0.2, 0.25) is 0 Å². The molecule has 12 heavy (non-hydrogen) atoms. The van der Waals surface area contributed by atoms with E-state index in [1.54, 1.807) is 0 Å². The van der Waals surface area contributed by atoms with Crippen molar-refractivity contribution in [1.29, 1.82) is 0 Å². The summed E-state index contributed by atoms with van der Waals surface area (Å²) in [5.41, 5.74) is 0. The highest BCUT2D eigenvalue weighted by Crippen LogP contribution is 1.92. The van der Waals surface area contributed by atoms with E-state index in [1.165, 1.54) is 0 Å². The topological polar surface area (TPSA) is 32.7 Å². The van der Waals surface area contributed by atoms with E-state index in [4.69, 9.17) is 9.84 Å². The lowest BCUT2D eigenvalue weighted by Gasteiger charge is -2.11. The van der Waals surface area contributed by atoms with Crippen LogP contribution < -0.4 is 0 Å². The van der Waals surface area contributed by atoms with Crippen molar-refractivity contribution in [3.8, 4) is 0 Å². The van der Waals surface area contributed by atoms with E-state index in [0.717, 1.165) is 26.0 Å². The zero-order valence-corrected chi connectivity index (χ0v) is 8.42. The molecule has 3 nitrogen and oxygen atoms in total. The Balaban J connectivity index is 3.00. The largest absolute Gasteiger partial charge is 0.391 e. The maximum Gasteiger partial charge on any atom is 0.0771 e. The standard InChI is InChI=1S/C9H21NO2/c1-4-9(11)8-12-7-5-6-10(2)3/h9,11H,4-8H2,1-3H3. The SMILES string of the molecule is CCC(O)COCCCN(C)C. The fourth-order valence-corrected chi connectivity index (χ4v) is 0.820. The molecule has 0 spiro atoms. The minimum absolute atomic E-state index is 0.288. The quantitative estimate of drug-likeness (QED) is 0.579. The van der Waals surface area contributed by atoms with E-state index in [1.807, 2.05) is 21.0 Å². The van der Waals surface area contributed by atoms with Crippen LogP contribution in [0.4, 0.5) is 0 Å². The van der Waals surface area contributed by atoms with Gasteiger partial charge >= 0.3 is 0 Å². The lowest BCUT2D eigenvalue weighted by molar-refractivity contribution is 0.0325. The summed E-state index contributed by atoms with van der Waals surface area (Å²) in [5, 5.41) is 9.13. The Morgan fingerprint density at radius 3 is 2.58 bits per heavy atom. The summed E-state index contributed by atoms with van der Waals surface area (Å²) in [7, 11) is 4.09. The number of rotatable bonds is 7. The predicted octanol–water partition coefficient (Wildman–Crippen LogP) is 0.726. The van der Waals surface area contributed by atoms with Gasteiger partial charge in [0.25, 0.3) is 0 Å². The second-order valence-electron chi connectivity index (χ2n) is 3.29. The minimum atomic E-state index is -0.288. The summed E-state index contributed by atoms with van der Waals surface area (Å²) < 4.78 is 5.26. The molecule has 1 N–H and O–H groups in total. The molecule has 0 fully saturated rings. The first-order valence-corrected chi connectivity index (χ1v) is 4.57. The van der Waals surface area contributed by atoms with Crippen molar-refractivity contribution >= 4 is 0 Å². The predicted molar refractivity (Wildman–Crippen MR) is 50.3 cm³/mol. The number of hydrogen-bond donors (Lipinski definition) is 1. The molecule has 0 radical (unpaired) electrons. The highest BCUT2D eigenvalue weighted by atomic mass is 16.5. The lowest BCUT2D eigenvalue weighted by Crippen LogP contribution is -2.18. The Bertz CT molecular complexity index is 96.5. The second-order valence-corrected chi connectivity index (χ2v) is 3.29. The highest BCUT2D eigenvalue weighted by Gasteiger charge is 1.99. The van der Waals surface area contributed by atoms with Gasteiger partial charge in [-0.25, -0.2) is 0 Å². The normalized spacial score (nSPS) is 13.8. The fourth-order valence-electron chi connectivity index (χ4n) is 0.820. The number of aliphatic hydroxyl groups is 1. The molecule has 0 aromatic carbocycles. The van der Waals surface area contributed by atoms with Gasteiger partial charge in [-0.15, -0.1) is 0 Å². The first kappa shape index (κ1) is 11.9. The van der Waals surface area contributed by atoms with Crippen molar-refractivity contribution in [2.24, 2.45) is 0 Å². The number of ether oxygens (including phenoxy) is 1. The highest BCUT2D eigenvalue weighted by molar-refractivity contribution is 4.49. The van der Waals surface area contributed by atoms with Crippen molar-refractivity contribution in [2.45, 2.75) is 25.9 Å². The summed E-state index contributed by atoms with van der Waals surface area (Å²) in [6, 6.07) is 0. The van der Waals surface area contributed by atoms with Crippen molar-refractivity contribution < 1.29 is 9.84 Å². The first-order chi connectivity index (χ1) is 5.66. The maximum atomic E-state index is 9.13. The van der Waals surface area contributed by atoms with E-state index in [-0.39, 0.29) is 6.10 Å². The van der Waals surface area contributed by atoms with Gasteiger partial charge in [-0.3, -0.25) is 0 Å². The molecular formula is C9H21NO2. The third-order valence-electron chi connectivity index (χ3n) is 1.68. The number of hydrogen-bond acceptors (Lipinski definition) is 3. The van der Waals surface area contributed by atoms with Gasteiger partial charge < -0.3 is 14.7 Å². The summed E-state index contributed by atoms with van der Waals surface area (Å²) in [6.45, 7) is 4.22. The van der Waals surface area contributed by atoms with Crippen LogP contribution in [0.15, 0.2) is 0 Å². The summed E-state index contributed by atoms with van der Waals surface area (Å²) in [4.78, 5) is 2.12. The van der Waals surface area contributed by atoms with Gasteiger partial charge in [0, 0.05) is 6.61 Å². The van der Waals surface area contributed by atoms with Crippen LogP contribution in [0.1, 0.15) is 19.8 Å². The van der Waals surface area contributed by atoms with Crippen LogP contribution in [-0.4, -0.2) is 50.0 Å². The van der Waals surface area contributed by atoms with Crippen molar-refractivity contribution in [1.82, 2.24) is 4.90 Å². The van der Waals surface area contributed by atoms with Gasteiger partial charge in [-0.2, -0.15) is 0 Å². The lowest BCUT2D eigenvalue weighted by atomic mass is 10.3. The molecule has 0 aliphatic rings. The fraction of sp³-hybridized carbons (Fsp3) is 1.00. The Labute approximate surface area is 75.3 Å². The molecule has 74 valence electrons. The Morgan fingerprint density at radius 1 is 1.42 bits per heavy atom. The molecule has 0 aromatic rings. The van der Waals surface area contributed by atoms with Crippen LogP contribution in [0, 0.1) is 0 Å². The molecule has 0 aliphatic heterocycles. The second kappa shape index (κ2) is 7.53. The molecule has 0 aromatic heterocycles. The van der Waals surface area contributed by atoms with Crippen LogP contribution in [-0.2, 0) is 4.74 Å². The van der Waals surface area contributed by atoms with E-state index in [0.29, 0.717) is 6.61 Å². The molecule has 0 rings (SSSR count). The zero-order valence-electron chi connectivity index (χ0n) is 8.42. The molecule has 3 heteroatoms. The zero-order chi connectivity index (χ0) is 9.40. The smallest absolute Gasteiger partial charge is 0.0771 e. The van der Waals surface area contributed by atoms with E-state index in [9.17, 15) is 0 Å². The van der Waals surface area contributed by atoms with Crippen molar-refractivity contribution in [2.75, 3.05) is 33.9 Å². The van der Waals surface area contributed by atoms with E-state index >= 15 is 0 Å². The van der Waals surface area contributed by atoms with E-state index in [2.05, 4.69) is 4.90 Å². The van der Waals surface area contributed by atoms with Gasteiger partial charge in [-0.1, -0.05) is 6.92 Å². The molecule has 0 heterocycles. The average molecular weight is 175 g/mol. The monoisotopic (exact) mass is 175 g/mol. The molecule has 0 bridgehead atoms. The maximum absolute atomic E-state index is 9.13. The third-order valence-corrected chi connectivity index (χ3v) is 1.68. The molecular weight excluding hydrogens is 154 g/mol. The number of aliphatic hydroxyl groups excluding tert-OH is 1. The van der Waals surface area contributed by atoms with Crippen LogP contribution in [0.25, 0.3) is 0 Å². The third kappa shape index (κ3) is 7.98. The molecule has 1 atom stereocenters. The van der Waals surface area contributed by atoms with Crippen molar-refractivity contribution in [3.63, 3.8) is 0 Å². The summed E-state index contributed by atoms with van der Waals surface area (Å²) in [5.74, 6) is 0. The van der Waals surface area contributed by atoms with E-state index < -0.39 is 0 Å². The molecule has 0 saturated heterocycles. The molecule has 0 amide bonds. The van der Waals surface area contributed by atoms with Crippen LogP contribution in [0.3, 0.4) is 0 Å². The van der Waals surface area contributed by atoms with Gasteiger partial charge in [0.15, 0.2) is 0 Å². The summed E-state index contributed by atoms with van der Waals surface area (Å²) in [6.07, 6.45) is 1.52. The number of nitrogens with zero attached hydrogens (tertiary/aromatic N) is 1. The van der Waals surface area contributed by atoms with Gasteiger partial charge in [0.2, 0.25) is 0 Å². The Hall–Kier alpha value is -0.120. The molecule has 1 unspecified atom stereocenters. The minimum Gasteiger partial charge on any atom is -0.391 e. The van der Waals surface area contributed by atoms with Gasteiger partial charge in [0.1, 0.15) is 0 Å². The first-order valence-electron chi connectivity index (χ1n) is 4.57. The van der Waals surface area contributed by atoms with Crippen molar-refractivity contribution in [3.05, 3.63) is 0 Å². The van der Waals surface area contributed by atoms with Crippen LogP contribution >= 0.6 is 0 Å². The summed E-state index contributed by atoms with van der Waals surface area (Å²) >= 11 is 0. The van der Waals surface area contributed by atoms with Gasteiger partial charge in [-0.05, 0) is 33.5 Å². The Kier molecular flexibility index (Phi) is 7.45. The molecule has 0 aliphatic carbocycles. The Morgan fingerprint density at radius 2 is 2.08 bits per heavy atom.